The topological polar surface area (TPSA) is 62.5 Å². The molecule has 0 aliphatic carbocycles. The molecule has 1 aromatic rings. The highest BCUT2D eigenvalue weighted by atomic mass is 16.4. The van der Waals surface area contributed by atoms with Gasteiger partial charge in [0.2, 0.25) is 0 Å². The van der Waals surface area contributed by atoms with Gasteiger partial charge >= 0.3 is 0 Å². The number of rotatable bonds is 6. The number of hydrogen-bond acceptors (Lipinski definition) is 3. The highest BCUT2D eigenvalue weighted by molar-refractivity contribution is 5.93. The van der Waals surface area contributed by atoms with E-state index in [-0.39, 0.29) is 18.6 Å². The van der Waals surface area contributed by atoms with E-state index in [1.54, 1.807) is 13.0 Å². The van der Waals surface area contributed by atoms with Gasteiger partial charge in [-0.1, -0.05) is 13.8 Å². The normalized spacial score (nSPS) is 12.8. The zero-order valence-electron chi connectivity index (χ0n) is 11.6. The number of nitrogens with one attached hydrogen (secondary N) is 1. The summed E-state index contributed by atoms with van der Waals surface area (Å²) in [5, 5.41) is 11.9. The molecule has 0 bridgehead atoms. The predicted octanol–water partition coefficient (Wildman–Crippen LogP) is 2.63. The lowest BCUT2D eigenvalue weighted by molar-refractivity contribution is 0.0903. The van der Waals surface area contributed by atoms with E-state index >= 15 is 0 Å². The predicted molar refractivity (Wildman–Crippen MR) is 70.4 cm³/mol. The van der Waals surface area contributed by atoms with Crippen molar-refractivity contribution < 1.29 is 14.3 Å². The number of aryl methyl sites for hydroxylation is 1. The average Bonchev–Trinajstić information content (AvgIpc) is 2.68. The first-order valence-corrected chi connectivity index (χ1v) is 6.45. The number of aliphatic hydroxyl groups is 1. The molecule has 0 radical (unpaired) electrons. The Morgan fingerprint density at radius 2 is 2.06 bits per heavy atom. The molecule has 4 heteroatoms. The lowest BCUT2D eigenvalue weighted by atomic mass is 10.0. The first-order valence-electron chi connectivity index (χ1n) is 6.45. The fourth-order valence-electron chi connectivity index (χ4n) is 1.80. The molecule has 0 saturated heterocycles. The van der Waals surface area contributed by atoms with Crippen molar-refractivity contribution in [3.63, 3.8) is 0 Å². The van der Waals surface area contributed by atoms with Crippen LogP contribution >= 0.6 is 0 Å². The second-order valence-electron chi connectivity index (χ2n) is 5.23. The van der Waals surface area contributed by atoms with E-state index in [0.717, 1.165) is 18.4 Å². The van der Waals surface area contributed by atoms with Crippen LogP contribution in [0.5, 0.6) is 0 Å². The molecule has 1 atom stereocenters. The molecule has 1 heterocycles. The Hall–Kier alpha value is -1.29. The lowest BCUT2D eigenvalue weighted by Crippen LogP contribution is -2.32. The van der Waals surface area contributed by atoms with E-state index in [1.165, 1.54) is 0 Å². The maximum absolute atomic E-state index is 12.0. The molecule has 1 rings (SSSR count). The van der Waals surface area contributed by atoms with Gasteiger partial charge in [0.25, 0.3) is 5.91 Å². The molecule has 1 amide bonds. The summed E-state index contributed by atoms with van der Waals surface area (Å²) in [5.41, 5.74) is 0.757. The highest BCUT2D eigenvalue weighted by Gasteiger charge is 2.17. The van der Waals surface area contributed by atoms with E-state index in [4.69, 9.17) is 9.52 Å². The van der Waals surface area contributed by atoms with Crippen molar-refractivity contribution in [3.05, 3.63) is 23.2 Å². The molecule has 18 heavy (non-hydrogen) atoms. The van der Waals surface area contributed by atoms with Gasteiger partial charge in [-0.25, -0.2) is 0 Å². The number of carbonyl (C=O) groups excluding carboxylic acids is 1. The Kier molecular flexibility index (Phi) is 5.41. The molecular formula is C14H23NO3. The van der Waals surface area contributed by atoms with E-state index in [2.05, 4.69) is 19.2 Å². The van der Waals surface area contributed by atoms with Crippen LogP contribution in [0.1, 0.15) is 55.5 Å². The molecule has 0 saturated carbocycles. The minimum atomic E-state index is -0.205. The van der Waals surface area contributed by atoms with Crippen molar-refractivity contribution in [2.24, 2.45) is 5.92 Å². The number of hydrogen-bond donors (Lipinski definition) is 2. The monoisotopic (exact) mass is 253 g/mol. The molecule has 2 N–H and O–H groups in total. The van der Waals surface area contributed by atoms with E-state index < -0.39 is 0 Å². The quantitative estimate of drug-likeness (QED) is 0.819. The molecule has 0 aromatic carbocycles. The largest absolute Gasteiger partial charge is 0.453 e. The first-order chi connectivity index (χ1) is 8.43. The zero-order chi connectivity index (χ0) is 13.7. The van der Waals surface area contributed by atoms with Crippen LogP contribution in [0.25, 0.3) is 0 Å². The Morgan fingerprint density at radius 3 is 2.56 bits per heavy atom. The van der Waals surface area contributed by atoms with Crippen LogP contribution in [-0.2, 0) is 6.61 Å². The van der Waals surface area contributed by atoms with Crippen LogP contribution in [0, 0.1) is 12.8 Å². The highest BCUT2D eigenvalue weighted by Crippen LogP contribution is 2.15. The summed E-state index contributed by atoms with van der Waals surface area (Å²) in [5.74, 6) is 1.15. The van der Waals surface area contributed by atoms with Gasteiger partial charge in [-0.15, -0.1) is 0 Å². The van der Waals surface area contributed by atoms with E-state index in [9.17, 15) is 4.79 Å². The molecule has 0 fully saturated rings. The van der Waals surface area contributed by atoms with Crippen molar-refractivity contribution in [1.29, 1.82) is 0 Å². The standard InChI is InChI=1S/C14H23NO3/c1-9(2)5-6-11(4)15-14(17)13-10(3)7-12(8-16)18-13/h7,9,11,16H,5-6,8H2,1-4H3,(H,15,17). The third kappa shape index (κ3) is 4.18. The summed E-state index contributed by atoms with van der Waals surface area (Å²) in [6.07, 6.45) is 2.04. The number of carbonyl (C=O) groups is 1. The minimum absolute atomic E-state index is 0.127. The Balaban J connectivity index is 2.56. The van der Waals surface area contributed by atoms with Gasteiger partial charge in [0, 0.05) is 11.6 Å². The maximum Gasteiger partial charge on any atom is 0.287 e. The number of amides is 1. The molecule has 4 nitrogen and oxygen atoms in total. The fraction of sp³-hybridized carbons (Fsp3) is 0.643. The average molecular weight is 253 g/mol. The molecular weight excluding hydrogens is 230 g/mol. The van der Waals surface area contributed by atoms with Crippen molar-refractivity contribution in [1.82, 2.24) is 5.32 Å². The summed E-state index contributed by atoms with van der Waals surface area (Å²) in [6.45, 7) is 7.94. The van der Waals surface area contributed by atoms with Crippen molar-refractivity contribution in [2.75, 3.05) is 0 Å². The van der Waals surface area contributed by atoms with Crippen LogP contribution in [0.4, 0.5) is 0 Å². The van der Waals surface area contributed by atoms with E-state index in [0.29, 0.717) is 17.4 Å². The smallest absolute Gasteiger partial charge is 0.287 e. The fourth-order valence-corrected chi connectivity index (χ4v) is 1.80. The van der Waals surface area contributed by atoms with Crippen LogP contribution in [0.3, 0.4) is 0 Å². The van der Waals surface area contributed by atoms with Crippen LogP contribution in [-0.4, -0.2) is 17.1 Å². The summed E-state index contributed by atoms with van der Waals surface area (Å²) in [6, 6.07) is 1.82. The van der Waals surface area contributed by atoms with Crippen LogP contribution < -0.4 is 5.32 Å². The lowest BCUT2D eigenvalue weighted by Gasteiger charge is -2.14. The van der Waals surface area contributed by atoms with Gasteiger partial charge in [-0.3, -0.25) is 4.79 Å². The maximum atomic E-state index is 12.0. The van der Waals surface area contributed by atoms with Gasteiger partial charge in [-0.05, 0) is 38.7 Å². The molecule has 102 valence electrons. The zero-order valence-corrected chi connectivity index (χ0v) is 11.6. The van der Waals surface area contributed by atoms with Crippen LogP contribution in [0.2, 0.25) is 0 Å². The number of furan rings is 1. The van der Waals surface area contributed by atoms with Crippen LogP contribution in [0.15, 0.2) is 10.5 Å². The second-order valence-corrected chi connectivity index (χ2v) is 5.23. The first kappa shape index (κ1) is 14.8. The summed E-state index contributed by atoms with van der Waals surface area (Å²) < 4.78 is 5.29. The Morgan fingerprint density at radius 1 is 1.39 bits per heavy atom. The van der Waals surface area contributed by atoms with Gasteiger partial charge < -0.3 is 14.8 Å². The van der Waals surface area contributed by atoms with Crippen molar-refractivity contribution in [3.8, 4) is 0 Å². The number of aliphatic hydroxyl groups excluding tert-OH is 1. The summed E-state index contributed by atoms with van der Waals surface area (Å²) in [4.78, 5) is 12.0. The molecule has 0 spiro atoms. The SMILES string of the molecule is Cc1cc(CO)oc1C(=O)NC(C)CCC(C)C. The van der Waals surface area contributed by atoms with Crippen molar-refractivity contribution in [2.45, 2.75) is 53.2 Å². The van der Waals surface area contributed by atoms with Gasteiger partial charge in [0.1, 0.15) is 12.4 Å². The molecule has 0 aliphatic rings. The third-order valence-electron chi connectivity index (χ3n) is 2.89. The Labute approximate surface area is 108 Å². The molecule has 0 aliphatic heterocycles. The van der Waals surface area contributed by atoms with Crippen molar-refractivity contribution >= 4 is 5.91 Å². The van der Waals surface area contributed by atoms with Gasteiger partial charge in [0.05, 0.1) is 0 Å². The summed E-state index contributed by atoms with van der Waals surface area (Å²) in [7, 11) is 0. The Bertz CT molecular complexity index is 396. The minimum Gasteiger partial charge on any atom is -0.453 e. The van der Waals surface area contributed by atoms with Gasteiger partial charge in [0.15, 0.2) is 5.76 Å². The second kappa shape index (κ2) is 6.59. The summed E-state index contributed by atoms with van der Waals surface area (Å²) >= 11 is 0. The molecule has 1 aromatic heterocycles. The third-order valence-corrected chi connectivity index (χ3v) is 2.89. The van der Waals surface area contributed by atoms with Gasteiger partial charge in [-0.2, -0.15) is 0 Å². The van der Waals surface area contributed by atoms with E-state index in [1.807, 2.05) is 6.92 Å². The molecule has 1 unspecified atom stereocenters.